The first kappa shape index (κ1) is 15.1. The Bertz CT molecular complexity index is 736. The molecule has 2 aromatic rings. The quantitative estimate of drug-likeness (QED) is 0.923. The molecule has 1 fully saturated rings. The molecule has 2 N–H and O–H groups in total. The number of likely N-dealkylation sites (tertiary alicyclic amines) is 1. The zero-order valence-corrected chi connectivity index (χ0v) is 12.3. The average molecular weight is 314 g/mol. The second-order valence-electron chi connectivity index (χ2n) is 5.38. The minimum atomic E-state index is -1.32. The van der Waals surface area contributed by atoms with Gasteiger partial charge in [0, 0.05) is 24.5 Å². The van der Waals surface area contributed by atoms with Crippen molar-refractivity contribution >= 4 is 11.8 Å². The Hall–Kier alpha value is -2.83. The van der Waals surface area contributed by atoms with E-state index in [0.29, 0.717) is 30.6 Å². The summed E-state index contributed by atoms with van der Waals surface area (Å²) in [6.07, 6.45) is 5.39. The van der Waals surface area contributed by atoms with Gasteiger partial charge in [0.1, 0.15) is 5.82 Å². The van der Waals surface area contributed by atoms with E-state index in [2.05, 4.69) is 9.97 Å². The van der Waals surface area contributed by atoms with E-state index >= 15 is 0 Å². The van der Waals surface area contributed by atoms with Gasteiger partial charge in [-0.05, 0) is 37.1 Å². The predicted molar refractivity (Wildman–Crippen MR) is 79.6 cm³/mol. The molecule has 2 amide bonds. The van der Waals surface area contributed by atoms with Gasteiger partial charge in [-0.1, -0.05) is 0 Å². The number of nitrogens with zero attached hydrogens (tertiary/aromatic N) is 3. The standard InChI is InChI=1S/C16H15FN4O2/c17-12-4-2-11(3-5-12)14(22)21-9-1-6-16(21,15(18)23)13-10-19-7-8-20-13/h2-5,7-8,10H,1,6,9H2,(H2,18,23)/t16-/m0/s1. The first-order valence-corrected chi connectivity index (χ1v) is 7.19. The zero-order chi connectivity index (χ0) is 16.4. The van der Waals surface area contributed by atoms with Crippen LogP contribution in [0.2, 0.25) is 0 Å². The van der Waals surface area contributed by atoms with Crippen molar-refractivity contribution in [3.63, 3.8) is 0 Å². The van der Waals surface area contributed by atoms with Gasteiger partial charge in [0.05, 0.1) is 11.9 Å². The molecule has 2 heterocycles. The molecule has 0 saturated carbocycles. The fourth-order valence-electron chi connectivity index (χ4n) is 3.00. The van der Waals surface area contributed by atoms with Gasteiger partial charge >= 0.3 is 0 Å². The Labute approximate surface area is 132 Å². The van der Waals surface area contributed by atoms with Crippen LogP contribution in [0, 0.1) is 5.82 Å². The van der Waals surface area contributed by atoms with E-state index in [1.807, 2.05) is 0 Å². The molecular formula is C16H15FN4O2. The maximum Gasteiger partial charge on any atom is 0.255 e. The molecule has 1 aromatic carbocycles. The van der Waals surface area contributed by atoms with Gasteiger partial charge in [0.2, 0.25) is 5.91 Å². The van der Waals surface area contributed by atoms with E-state index < -0.39 is 17.3 Å². The van der Waals surface area contributed by atoms with Crippen LogP contribution >= 0.6 is 0 Å². The van der Waals surface area contributed by atoms with Crippen molar-refractivity contribution in [2.24, 2.45) is 5.73 Å². The van der Waals surface area contributed by atoms with Crippen LogP contribution < -0.4 is 5.73 Å². The lowest BCUT2D eigenvalue weighted by Gasteiger charge is -2.35. The summed E-state index contributed by atoms with van der Waals surface area (Å²) < 4.78 is 13.1. The summed E-state index contributed by atoms with van der Waals surface area (Å²) in [4.78, 5) is 34.6. The van der Waals surface area contributed by atoms with Crippen molar-refractivity contribution in [3.8, 4) is 0 Å². The third-order valence-corrected chi connectivity index (χ3v) is 4.11. The van der Waals surface area contributed by atoms with E-state index in [1.54, 1.807) is 0 Å². The Morgan fingerprint density at radius 3 is 2.57 bits per heavy atom. The molecule has 7 heteroatoms. The van der Waals surface area contributed by atoms with Gasteiger partial charge in [0.25, 0.3) is 5.91 Å². The molecule has 0 aliphatic carbocycles. The molecule has 1 saturated heterocycles. The molecule has 3 rings (SSSR count). The summed E-state index contributed by atoms with van der Waals surface area (Å²) in [5, 5.41) is 0. The number of nitrogens with two attached hydrogens (primary N) is 1. The molecule has 1 atom stereocenters. The number of primary amides is 1. The number of benzene rings is 1. The highest BCUT2D eigenvalue weighted by Gasteiger charge is 2.51. The molecule has 0 spiro atoms. The largest absolute Gasteiger partial charge is 0.367 e. The van der Waals surface area contributed by atoms with Crippen LogP contribution in [0.5, 0.6) is 0 Å². The molecular weight excluding hydrogens is 299 g/mol. The minimum absolute atomic E-state index is 0.294. The maximum absolute atomic E-state index is 13.1. The normalized spacial score (nSPS) is 20.5. The number of carbonyl (C=O) groups excluding carboxylic acids is 2. The van der Waals surface area contributed by atoms with Gasteiger partial charge in [-0.2, -0.15) is 0 Å². The molecule has 0 bridgehead atoms. The number of hydrogen-bond acceptors (Lipinski definition) is 4. The van der Waals surface area contributed by atoms with Gasteiger partial charge in [-0.25, -0.2) is 4.39 Å². The van der Waals surface area contributed by atoms with Gasteiger partial charge in [-0.3, -0.25) is 19.6 Å². The van der Waals surface area contributed by atoms with E-state index in [4.69, 9.17) is 5.73 Å². The van der Waals surface area contributed by atoms with E-state index in [9.17, 15) is 14.0 Å². The summed E-state index contributed by atoms with van der Waals surface area (Å²) in [6, 6.07) is 5.19. The van der Waals surface area contributed by atoms with Crippen LogP contribution in [0.1, 0.15) is 28.9 Å². The molecule has 0 unspecified atom stereocenters. The van der Waals surface area contributed by atoms with E-state index in [-0.39, 0.29) is 5.91 Å². The van der Waals surface area contributed by atoms with Gasteiger partial charge < -0.3 is 10.6 Å². The highest BCUT2D eigenvalue weighted by atomic mass is 19.1. The highest BCUT2D eigenvalue weighted by molar-refractivity contribution is 5.99. The minimum Gasteiger partial charge on any atom is -0.367 e. The Morgan fingerprint density at radius 1 is 1.22 bits per heavy atom. The molecule has 1 aliphatic heterocycles. The van der Waals surface area contributed by atoms with E-state index in [0.717, 1.165) is 0 Å². The molecule has 118 valence electrons. The lowest BCUT2D eigenvalue weighted by Crippen LogP contribution is -2.54. The highest BCUT2D eigenvalue weighted by Crippen LogP contribution is 2.38. The number of aromatic nitrogens is 2. The predicted octanol–water partition coefficient (Wildman–Crippen LogP) is 1.23. The number of rotatable bonds is 3. The number of halogens is 1. The monoisotopic (exact) mass is 314 g/mol. The molecule has 23 heavy (non-hydrogen) atoms. The Balaban J connectivity index is 2.05. The number of amides is 2. The van der Waals surface area contributed by atoms with Crippen LogP contribution in [0.3, 0.4) is 0 Å². The zero-order valence-electron chi connectivity index (χ0n) is 12.3. The first-order chi connectivity index (χ1) is 11.1. The van der Waals surface area contributed by atoms with Crippen LogP contribution in [-0.4, -0.2) is 33.2 Å². The second kappa shape index (κ2) is 5.75. The number of carbonyl (C=O) groups is 2. The van der Waals surface area contributed by atoms with Crippen molar-refractivity contribution in [2.45, 2.75) is 18.4 Å². The second-order valence-corrected chi connectivity index (χ2v) is 5.38. The van der Waals surface area contributed by atoms with Crippen LogP contribution in [0.25, 0.3) is 0 Å². The SMILES string of the molecule is NC(=O)[C@@]1(c2cnccn2)CCCN1C(=O)c1ccc(F)cc1. The van der Waals surface area contributed by atoms with Crippen LogP contribution in [0.15, 0.2) is 42.9 Å². The van der Waals surface area contributed by atoms with Crippen molar-refractivity contribution in [1.82, 2.24) is 14.9 Å². The molecule has 6 nitrogen and oxygen atoms in total. The summed E-state index contributed by atoms with van der Waals surface area (Å²) in [6.45, 7) is 0.371. The summed E-state index contributed by atoms with van der Waals surface area (Å²) in [7, 11) is 0. The Kier molecular flexibility index (Phi) is 3.77. The summed E-state index contributed by atoms with van der Waals surface area (Å²) >= 11 is 0. The van der Waals surface area contributed by atoms with Crippen LogP contribution in [-0.2, 0) is 10.3 Å². The van der Waals surface area contributed by atoms with Crippen molar-refractivity contribution in [2.75, 3.05) is 6.54 Å². The third kappa shape index (κ3) is 2.44. The molecule has 0 radical (unpaired) electrons. The number of hydrogen-bond donors (Lipinski definition) is 1. The van der Waals surface area contributed by atoms with Crippen molar-refractivity contribution in [3.05, 3.63) is 59.9 Å². The average Bonchev–Trinajstić information content (AvgIpc) is 3.02. The lowest BCUT2D eigenvalue weighted by molar-refractivity contribution is -0.128. The van der Waals surface area contributed by atoms with Crippen molar-refractivity contribution < 1.29 is 14.0 Å². The van der Waals surface area contributed by atoms with Crippen LogP contribution in [0.4, 0.5) is 4.39 Å². The van der Waals surface area contributed by atoms with Crippen molar-refractivity contribution in [1.29, 1.82) is 0 Å². The summed E-state index contributed by atoms with van der Waals surface area (Å²) in [5.74, 6) is -1.46. The lowest BCUT2D eigenvalue weighted by atomic mass is 9.90. The Morgan fingerprint density at radius 2 is 1.96 bits per heavy atom. The van der Waals surface area contributed by atoms with Gasteiger partial charge in [-0.15, -0.1) is 0 Å². The molecule has 1 aromatic heterocycles. The fourth-order valence-corrected chi connectivity index (χ4v) is 3.00. The maximum atomic E-state index is 13.1. The smallest absolute Gasteiger partial charge is 0.255 e. The summed E-state index contributed by atoms with van der Waals surface area (Å²) in [5.41, 5.74) is 4.96. The topological polar surface area (TPSA) is 89.2 Å². The van der Waals surface area contributed by atoms with E-state index in [1.165, 1.54) is 47.8 Å². The fraction of sp³-hybridized carbons (Fsp3) is 0.250. The first-order valence-electron chi connectivity index (χ1n) is 7.19. The third-order valence-electron chi connectivity index (χ3n) is 4.11. The molecule has 1 aliphatic rings. The van der Waals surface area contributed by atoms with Gasteiger partial charge in [0.15, 0.2) is 5.54 Å².